The van der Waals surface area contributed by atoms with Gasteiger partial charge in [0.2, 0.25) is 5.91 Å². The molecule has 0 bridgehead atoms. The van der Waals surface area contributed by atoms with Crippen LogP contribution < -0.4 is 16.0 Å². The molecule has 3 N–H and O–H groups in total. The Balaban J connectivity index is 1.98. The van der Waals surface area contributed by atoms with Crippen LogP contribution in [-0.4, -0.2) is 23.0 Å². The normalized spacial score (nSPS) is 14.8. The van der Waals surface area contributed by atoms with Crippen LogP contribution in [0.2, 0.25) is 5.02 Å². The first-order chi connectivity index (χ1) is 12.3. The first-order valence-electron chi connectivity index (χ1n) is 9.06. The van der Waals surface area contributed by atoms with Gasteiger partial charge in [-0.2, -0.15) is 0 Å². The molecule has 0 saturated heterocycles. The highest BCUT2D eigenvalue weighted by Gasteiger charge is 2.19. The lowest BCUT2D eigenvalue weighted by atomic mass is 9.95. The van der Waals surface area contributed by atoms with E-state index in [4.69, 9.17) is 23.8 Å². The molecule has 1 fully saturated rings. The van der Waals surface area contributed by atoms with Gasteiger partial charge in [-0.25, -0.2) is 0 Å². The second kappa shape index (κ2) is 9.88. The molecule has 0 unspecified atom stereocenters. The molecule has 142 valence electrons. The first-order valence-corrected chi connectivity index (χ1v) is 9.85. The number of anilines is 1. The number of hydrogen-bond donors (Lipinski definition) is 3. The highest BCUT2D eigenvalue weighted by atomic mass is 35.5. The lowest BCUT2D eigenvalue weighted by Gasteiger charge is -2.23. The second-order valence-corrected chi connectivity index (χ2v) is 7.92. The molecule has 0 aliphatic heterocycles. The molecule has 0 spiro atoms. The molecule has 2 rings (SSSR count). The average Bonchev–Trinajstić information content (AvgIpc) is 2.56. The van der Waals surface area contributed by atoms with Crippen LogP contribution in [0.1, 0.15) is 62.7 Å². The topological polar surface area (TPSA) is 70.2 Å². The molecule has 0 atom stereocenters. The van der Waals surface area contributed by atoms with Gasteiger partial charge in [-0.15, -0.1) is 0 Å². The van der Waals surface area contributed by atoms with Gasteiger partial charge in [-0.05, 0) is 49.2 Å². The van der Waals surface area contributed by atoms with Crippen LogP contribution in [0, 0.1) is 5.92 Å². The first kappa shape index (κ1) is 20.6. The SMILES string of the molecule is CC(C)CC(=O)NC(=S)Nc1ccc(Cl)c(C(=O)NC2CCCCC2)c1. The number of carbonyl (C=O) groups excluding carboxylic acids is 2. The van der Waals surface area contributed by atoms with E-state index in [0.717, 1.165) is 25.7 Å². The predicted octanol–water partition coefficient (Wildman–Crippen LogP) is 4.26. The number of rotatable bonds is 5. The lowest BCUT2D eigenvalue weighted by Crippen LogP contribution is -2.36. The van der Waals surface area contributed by atoms with Gasteiger partial charge in [0.25, 0.3) is 5.91 Å². The standard InChI is InChI=1S/C19H26ClN3O2S/c1-12(2)10-17(24)23-19(26)22-14-8-9-16(20)15(11-14)18(25)21-13-6-4-3-5-7-13/h8-9,11-13H,3-7,10H2,1-2H3,(H,21,25)(H2,22,23,24,26). The zero-order valence-electron chi connectivity index (χ0n) is 15.2. The van der Waals surface area contributed by atoms with Crippen LogP contribution in [0.4, 0.5) is 5.69 Å². The third kappa shape index (κ3) is 6.57. The van der Waals surface area contributed by atoms with E-state index in [2.05, 4.69) is 16.0 Å². The third-order valence-electron chi connectivity index (χ3n) is 4.26. The molecule has 0 aromatic heterocycles. The zero-order chi connectivity index (χ0) is 19.1. The summed E-state index contributed by atoms with van der Waals surface area (Å²) in [5.41, 5.74) is 1.01. The smallest absolute Gasteiger partial charge is 0.253 e. The number of thiocarbonyl (C=S) groups is 1. The summed E-state index contributed by atoms with van der Waals surface area (Å²) in [6.07, 6.45) is 5.93. The molecular weight excluding hydrogens is 370 g/mol. The van der Waals surface area contributed by atoms with Crippen molar-refractivity contribution in [2.75, 3.05) is 5.32 Å². The van der Waals surface area contributed by atoms with Crippen molar-refractivity contribution in [3.8, 4) is 0 Å². The summed E-state index contributed by atoms with van der Waals surface area (Å²) in [7, 11) is 0. The van der Waals surface area contributed by atoms with Crippen molar-refractivity contribution in [2.24, 2.45) is 5.92 Å². The number of hydrogen-bond acceptors (Lipinski definition) is 3. The minimum atomic E-state index is -0.180. The fourth-order valence-corrected chi connectivity index (χ4v) is 3.43. The zero-order valence-corrected chi connectivity index (χ0v) is 16.8. The van der Waals surface area contributed by atoms with E-state index in [1.807, 2.05) is 13.8 Å². The van der Waals surface area contributed by atoms with Crippen LogP contribution in [0.5, 0.6) is 0 Å². The number of carbonyl (C=O) groups is 2. The molecule has 7 heteroatoms. The van der Waals surface area contributed by atoms with Crippen LogP contribution >= 0.6 is 23.8 Å². The minimum absolute atomic E-state index is 0.137. The fourth-order valence-electron chi connectivity index (χ4n) is 3.00. The van der Waals surface area contributed by atoms with Gasteiger partial charge in [0.15, 0.2) is 5.11 Å². The Hall–Kier alpha value is -1.66. The van der Waals surface area contributed by atoms with Gasteiger partial charge in [0.05, 0.1) is 10.6 Å². The van der Waals surface area contributed by atoms with Crippen molar-refractivity contribution in [1.82, 2.24) is 10.6 Å². The van der Waals surface area contributed by atoms with Crippen LogP contribution in [0.15, 0.2) is 18.2 Å². The molecule has 5 nitrogen and oxygen atoms in total. The third-order valence-corrected chi connectivity index (χ3v) is 4.79. The van der Waals surface area contributed by atoms with E-state index in [0.29, 0.717) is 22.7 Å². The highest BCUT2D eigenvalue weighted by Crippen LogP contribution is 2.22. The van der Waals surface area contributed by atoms with Crippen molar-refractivity contribution in [1.29, 1.82) is 0 Å². The maximum absolute atomic E-state index is 12.5. The second-order valence-electron chi connectivity index (χ2n) is 7.10. The Bertz CT molecular complexity index is 673. The molecule has 0 heterocycles. The monoisotopic (exact) mass is 395 g/mol. The Morgan fingerprint density at radius 1 is 1.23 bits per heavy atom. The summed E-state index contributed by atoms with van der Waals surface area (Å²) >= 11 is 11.4. The quantitative estimate of drug-likeness (QED) is 0.651. The molecule has 0 radical (unpaired) electrons. The van der Waals surface area contributed by atoms with Crippen molar-refractivity contribution in [3.05, 3.63) is 28.8 Å². The van der Waals surface area contributed by atoms with Gasteiger partial charge in [0.1, 0.15) is 0 Å². The summed E-state index contributed by atoms with van der Waals surface area (Å²) in [6, 6.07) is 5.24. The van der Waals surface area contributed by atoms with E-state index in [-0.39, 0.29) is 28.9 Å². The van der Waals surface area contributed by atoms with Crippen molar-refractivity contribution in [2.45, 2.75) is 58.4 Å². The molecule has 1 aliphatic carbocycles. The summed E-state index contributed by atoms with van der Waals surface area (Å²) in [5.74, 6) is -0.0644. The predicted molar refractivity (Wildman–Crippen MR) is 110 cm³/mol. The van der Waals surface area contributed by atoms with Gasteiger partial charge >= 0.3 is 0 Å². The lowest BCUT2D eigenvalue weighted by molar-refractivity contribution is -0.120. The van der Waals surface area contributed by atoms with Crippen molar-refractivity contribution < 1.29 is 9.59 Å². The molecule has 26 heavy (non-hydrogen) atoms. The Morgan fingerprint density at radius 3 is 2.58 bits per heavy atom. The van der Waals surface area contributed by atoms with E-state index >= 15 is 0 Å². The summed E-state index contributed by atoms with van der Waals surface area (Å²) in [6.45, 7) is 3.93. The Morgan fingerprint density at radius 2 is 1.92 bits per heavy atom. The number of benzene rings is 1. The van der Waals surface area contributed by atoms with Crippen molar-refractivity contribution >= 4 is 46.4 Å². The van der Waals surface area contributed by atoms with Gasteiger partial charge in [-0.1, -0.05) is 44.7 Å². The van der Waals surface area contributed by atoms with E-state index in [1.54, 1.807) is 18.2 Å². The van der Waals surface area contributed by atoms with Crippen LogP contribution in [0.25, 0.3) is 0 Å². The summed E-state index contributed by atoms with van der Waals surface area (Å²) in [5, 5.41) is 9.22. The Kier molecular flexibility index (Phi) is 7.85. The summed E-state index contributed by atoms with van der Waals surface area (Å²) in [4.78, 5) is 24.3. The number of halogens is 1. The number of amides is 2. The largest absolute Gasteiger partial charge is 0.349 e. The van der Waals surface area contributed by atoms with E-state index < -0.39 is 0 Å². The van der Waals surface area contributed by atoms with Gasteiger partial charge in [0, 0.05) is 18.2 Å². The molecule has 1 aliphatic rings. The van der Waals surface area contributed by atoms with Gasteiger partial charge in [-0.3, -0.25) is 9.59 Å². The fraction of sp³-hybridized carbons (Fsp3) is 0.526. The number of nitrogens with one attached hydrogen (secondary N) is 3. The van der Waals surface area contributed by atoms with Crippen LogP contribution in [0.3, 0.4) is 0 Å². The maximum atomic E-state index is 12.5. The molecule has 1 saturated carbocycles. The van der Waals surface area contributed by atoms with Crippen molar-refractivity contribution in [3.63, 3.8) is 0 Å². The maximum Gasteiger partial charge on any atom is 0.253 e. The Labute approximate surface area is 165 Å². The summed E-state index contributed by atoms with van der Waals surface area (Å²) < 4.78 is 0. The minimum Gasteiger partial charge on any atom is -0.349 e. The highest BCUT2D eigenvalue weighted by molar-refractivity contribution is 7.80. The molecule has 1 aromatic rings. The average molecular weight is 396 g/mol. The van der Waals surface area contributed by atoms with E-state index in [1.165, 1.54) is 6.42 Å². The molecule has 2 amide bonds. The molecular formula is C19H26ClN3O2S. The van der Waals surface area contributed by atoms with Gasteiger partial charge < -0.3 is 16.0 Å². The van der Waals surface area contributed by atoms with E-state index in [9.17, 15) is 9.59 Å². The molecule has 1 aromatic carbocycles. The van der Waals surface area contributed by atoms with Crippen LogP contribution in [-0.2, 0) is 4.79 Å².